The Morgan fingerprint density at radius 2 is 2.00 bits per heavy atom. The summed E-state index contributed by atoms with van der Waals surface area (Å²) in [7, 11) is 4.10. The Balaban J connectivity index is 1.58. The van der Waals surface area contributed by atoms with Crippen LogP contribution in [0.2, 0.25) is 0 Å². The smallest absolute Gasteiger partial charge is 0.233 e. The quantitative estimate of drug-likeness (QED) is 0.828. The van der Waals surface area contributed by atoms with Gasteiger partial charge in [0.05, 0.1) is 17.2 Å². The van der Waals surface area contributed by atoms with Gasteiger partial charge in [0.15, 0.2) is 0 Å². The van der Waals surface area contributed by atoms with Crippen molar-refractivity contribution < 1.29 is 4.79 Å². The molecule has 1 saturated heterocycles. The van der Waals surface area contributed by atoms with Gasteiger partial charge in [0.25, 0.3) is 0 Å². The van der Waals surface area contributed by atoms with Gasteiger partial charge >= 0.3 is 0 Å². The number of rotatable bonds is 5. The van der Waals surface area contributed by atoms with E-state index in [2.05, 4.69) is 53.1 Å². The van der Waals surface area contributed by atoms with E-state index in [0.29, 0.717) is 5.91 Å². The van der Waals surface area contributed by atoms with Crippen LogP contribution in [0.4, 0.5) is 0 Å². The van der Waals surface area contributed by atoms with Crippen LogP contribution in [0.3, 0.4) is 0 Å². The van der Waals surface area contributed by atoms with Crippen LogP contribution in [0, 0.1) is 0 Å². The first-order valence-electron chi connectivity index (χ1n) is 9.56. The van der Waals surface area contributed by atoms with E-state index in [-0.39, 0.29) is 11.5 Å². The average Bonchev–Trinajstić information content (AvgIpc) is 3.31. The summed E-state index contributed by atoms with van der Waals surface area (Å²) < 4.78 is 0. The van der Waals surface area contributed by atoms with E-state index in [9.17, 15) is 4.79 Å². The van der Waals surface area contributed by atoms with Gasteiger partial charge < -0.3 is 9.80 Å². The predicted molar refractivity (Wildman–Crippen MR) is 103 cm³/mol. The summed E-state index contributed by atoms with van der Waals surface area (Å²) in [5, 5.41) is 0. The van der Waals surface area contributed by atoms with Crippen molar-refractivity contribution in [3.8, 4) is 0 Å². The van der Waals surface area contributed by atoms with E-state index in [1.165, 1.54) is 11.1 Å². The molecule has 2 heterocycles. The summed E-state index contributed by atoms with van der Waals surface area (Å²) in [6, 6.07) is 14.8. The highest BCUT2D eigenvalue weighted by Crippen LogP contribution is 2.51. The summed E-state index contributed by atoms with van der Waals surface area (Å²) in [6.45, 7) is 1.69. The van der Waals surface area contributed by atoms with Gasteiger partial charge in [0, 0.05) is 19.3 Å². The molecule has 4 heteroatoms. The maximum absolute atomic E-state index is 13.5. The molecule has 2 fully saturated rings. The van der Waals surface area contributed by atoms with Crippen LogP contribution >= 0.6 is 0 Å². The fourth-order valence-corrected chi connectivity index (χ4v) is 4.25. The van der Waals surface area contributed by atoms with Crippen LogP contribution < -0.4 is 0 Å². The highest BCUT2D eigenvalue weighted by molar-refractivity contribution is 5.91. The molecule has 2 aromatic rings. The number of amides is 1. The molecule has 1 aromatic heterocycles. The molecule has 0 N–H and O–H groups in total. The van der Waals surface area contributed by atoms with Crippen molar-refractivity contribution in [3.63, 3.8) is 0 Å². The highest BCUT2D eigenvalue weighted by atomic mass is 16.2. The number of nitrogens with zero attached hydrogens (tertiary/aromatic N) is 3. The SMILES string of the molecule is CN(C)Cc1cc(C2CCCN2C(=O)C2(c3ccccc3)CC2)ccn1. The molecule has 4 nitrogen and oxygen atoms in total. The van der Waals surface area contributed by atoms with E-state index >= 15 is 0 Å². The Bertz CT molecular complexity index is 783. The number of carbonyl (C=O) groups is 1. The Morgan fingerprint density at radius 3 is 2.69 bits per heavy atom. The molecule has 26 heavy (non-hydrogen) atoms. The van der Waals surface area contributed by atoms with E-state index in [0.717, 1.165) is 44.5 Å². The second-order valence-electron chi connectivity index (χ2n) is 7.92. The van der Waals surface area contributed by atoms with Gasteiger partial charge in [-0.3, -0.25) is 9.78 Å². The molecular formula is C22H27N3O. The van der Waals surface area contributed by atoms with Crippen molar-refractivity contribution in [2.75, 3.05) is 20.6 Å². The molecule has 1 aromatic carbocycles. The van der Waals surface area contributed by atoms with Crippen molar-refractivity contribution in [2.45, 2.75) is 43.7 Å². The Kier molecular flexibility index (Phi) is 4.53. The Morgan fingerprint density at radius 1 is 1.23 bits per heavy atom. The third-order valence-corrected chi connectivity index (χ3v) is 5.70. The fourth-order valence-electron chi connectivity index (χ4n) is 4.25. The summed E-state index contributed by atoms with van der Waals surface area (Å²) in [6.07, 6.45) is 5.95. The van der Waals surface area contributed by atoms with Gasteiger partial charge in [-0.15, -0.1) is 0 Å². The van der Waals surface area contributed by atoms with Crippen LogP contribution in [-0.4, -0.2) is 41.3 Å². The standard InChI is InChI=1S/C22H27N3O/c1-24(2)16-19-15-17(10-13-23-19)20-9-6-14-25(20)21(26)22(11-12-22)18-7-4-3-5-8-18/h3-5,7-8,10,13,15,20H,6,9,11-12,14,16H2,1-2H3. The number of likely N-dealkylation sites (tertiary alicyclic amines) is 1. The molecule has 1 atom stereocenters. The first-order valence-corrected chi connectivity index (χ1v) is 9.56. The molecule has 0 spiro atoms. The van der Waals surface area contributed by atoms with Crippen LogP contribution in [0.25, 0.3) is 0 Å². The van der Waals surface area contributed by atoms with Crippen molar-refractivity contribution in [1.82, 2.24) is 14.8 Å². The van der Waals surface area contributed by atoms with Crippen LogP contribution in [0.15, 0.2) is 48.7 Å². The normalized spacial score (nSPS) is 21.2. The van der Waals surface area contributed by atoms with E-state index in [1.807, 2.05) is 24.4 Å². The van der Waals surface area contributed by atoms with Gasteiger partial charge in [-0.2, -0.15) is 0 Å². The lowest BCUT2D eigenvalue weighted by molar-refractivity contribution is -0.135. The third kappa shape index (κ3) is 3.14. The number of benzene rings is 1. The molecule has 2 aliphatic rings. The summed E-state index contributed by atoms with van der Waals surface area (Å²) in [4.78, 5) is 22.2. The second-order valence-corrected chi connectivity index (χ2v) is 7.92. The maximum Gasteiger partial charge on any atom is 0.233 e. The van der Waals surface area contributed by atoms with Gasteiger partial charge in [-0.1, -0.05) is 30.3 Å². The van der Waals surface area contributed by atoms with Crippen molar-refractivity contribution in [1.29, 1.82) is 0 Å². The molecule has 1 saturated carbocycles. The second kappa shape index (κ2) is 6.84. The molecule has 1 aliphatic carbocycles. The lowest BCUT2D eigenvalue weighted by Gasteiger charge is -2.30. The minimum atomic E-state index is -0.274. The van der Waals surface area contributed by atoms with Crippen LogP contribution in [0.1, 0.15) is 48.5 Å². The fraction of sp³-hybridized carbons (Fsp3) is 0.455. The molecule has 136 valence electrons. The van der Waals surface area contributed by atoms with Crippen molar-refractivity contribution in [3.05, 3.63) is 65.5 Å². The zero-order valence-electron chi connectivity index (χ0n) is 15.7. The zero-order chi connectivity index (χ0) is 18.1. The summed E-state index contributed by atoms with van der Waals surface area (Å²) in [5.74, 6) is 0.317. The largest absolute Gasteiger partial charge is 0.335 e. The molecule has 0 radical (unpaired) electrons. The number of hydrogen-bond donors (Lipinski definition) is 0. The van der Waals surface area contributed by atoms with Gasteiger partial charge in [0.2, 0.25) is 5.91 Å². The monoisotopic (exact) mass is 349 g/mol. The van der Waals surface area contributed by atoms with E-state index < -0.39 is 0 Å². The van der Waals surface area contributed by atoms with Gasteiger partial charge in [0.1, 0.15) is 0 Å². The molecular weight excluding hydrogens is 322 g/mol. The van der Waals surface area contributed by atoms with Crippen molar-refractivity contribution >= 4 is 5.91 Å². The Hall–Kier alpha value is -2.20. The molecule has 0 bridgehead atoms. The third-order valence-electron chi connectivity index (χ3n) is 5.70. The number of hydrogen-bond acceptors (Lipinski definition) is 3. The molecule has 4 rings (SSSR count). The minimum absolute atomic E-state index is 0.188. The zero-order valence-corrected chi connectivity index (χ0v) is 15.7. The first kappa shape index (κ1) is 17.2. The van der Waals surface area contributed by atoms with Crippen molar-refractivity contribution in [2.24, 2.45) is 0 Å². The topological polar surface area (TPSA) is 36.4 Å². The molecule has 1 unspecified atom stereocenters. The number of aromatic nitrogens is 1. The van der Waals surface area contributed by atoms with Gasteiger partial charge in [-0.05, 0) is 63.0 Å². The predicted octanol–water partition coefficient (Wildman–Crippen LogP) is 3.54. The lowest BCUT2D eigenvalue weighted by Crippen LogP contribution is -2.39. The number of pyridine rings is 1. The summed E-state index contributed by atoms with van der Waals surface area (Å²) >= 11 is 0. The average molecular weight is 349 g/mol. The molecule has 1 amide bonds. The lowest BCUT2D eigenvalue weighted by atomic mass is 9.93. The Labute approximate surface area is 155 Å². The number of carbonyl (C=O) groups excluding carboxylic acids is 1. The first-order chi connectivity index (χ1) is 12.6. The van der Waals surface area contributed by atoms with Gasteiger partial charge in [-0.25, -0.2) is 0 Å². The highest BCUT2D eigenvalue weighted by Gasteiger charge is 2.54. The van der Waals surface area contributed by atoms with Crippen LogP contribution in [0.5, 0.6) is 0 Å². The van der Waals surface area contributed by atoms with E-state index in [1.54, 1.807) is 0 Å². The molecule has 1 aliphatic heterocycles. The minimum Gasteiger partial charge on any atom is -0.335 e. The maximum atomic E-state index is 13.5. The summed E-state index contributed by atoms with van der Waals surface area (Å²) in [5.41, 5.74) is 3.20. The van der Waals surface area contributed by atoms with E-state index in [4.69, 9.17) is 0 Å². The van der Waals surface area contributed by atoms with Crippen LogP contribution in [-0.2, 0) is 16.8 Å².